The number of ether oxygens (including phenoxy) is 1. The van der Waals surface area contributed by atoms with Crippen LogP contribution in [0.4, 0.5) is 0 Å². The predicted molar refractivity (Wildman–Crippen MR) is 116 cm³/mol. The molecule has 1 saturated heterocycles. The van der Waals surface area contributed by atoms with Crippen LogP contribution in [-0.2, 0) is 17.8 Å². The van der Waals surface area contributed by atoms with E-state index in [1.807, 2.05) is 47.9 Å². The molecule has 0 saturated carbocycles. The molecule has 1 fully saturated rings. The second-order valence-electron chi connectivity index (χ2n) is 7.96. The van der Waals surface area contributed by atoms with Gasteiger partial charge in [-0.25, -0.2) is 15.0 Å². The number of hydrogen-bond donors (Lipinski definition) is 0. The summed E-state index contributed by atoms with van der Waals surface area (Å²) >= 11 is 0. The number of benzene rings is 1. The average molecular weight is 415 g/mol. The minimum absolute atomic E-state index is 0.0408. The zero-order valence-electron chi connectivity index (χ0n) is 17.1. The van der Waals surface area contributed by atoms with Gasteiger partial charge < -0.3 is 13.7 Å². The lowest BCUT2D eigenvalue weighted by molar-refractivity contribution is 0.0955. The van der Waals surface area contributed by atoms with Crippen LogP contribution in [0.15, 0.2) is 51.9 Å². The summed E-state index contributed by atoms with van der Waals surface area (Å²) in [6.07, 6.45) is 3.65. The third-order valence-electron chi connectivity index (χ3n) is 5.95. The quantitative estimate of drug-likeness (QED) is 0.447. The van der Waals surface area contributed by atoms with Crippen LogP contribution < -0.4 is 5.56 Å². The highest BCUT2D eigenvalue weighted by atomic mass is 16.5. The van der Waals surface area contributed by atoms with E-state index in [1.165, 1.54) is 0 Å². The molecule has 0 aliphatic carbocycles. The van der Waals surface area contributed by atoms with Gasteiger partial charge in [0.15, 0.2) is 11.3 Å². The van der Waals surface area contributed by atoms with Gasteiger partial charge >= 0.3 is 0 Å². The Kier molecular flexibility index (Phi) is 4.14. The number of aromatic nitrogens is 5. The van der Waals surface area contributed by atoms with Crippen LogP contribution in [-0.4, -0.2) is 36.8 Å². The highest BCUT2D eigenvalue weighted by Gasteiger charge is 2.24. The Labute approximate surface area is 177 Å². The monoisotopic (exact) mass is 415 g/mol. The first kappa shape index (κ1) is 18.3. The van der Waals surface area contributed by atoms with Gasteiger partial charge in [-0.3, -0.25) is 9.36 Å². The number of aryl methyl sites for hydroxylation is 1. The van der Waals surface area contributed by atoms with E-state index in [0.29, 0.717) is 41.1 Å². The smallest absolute Gasteiger partial charge is 0.265 e. The van der Waals surface area contributed by atoms with Crippen LogP contribution in [0.1, 0.15) is 24.4 Å². The number of rotatable bonds is 4. The molecule has 0 radical (unpaired) electrons. The van der Waals surface area contributed by atoms with Crippen molar-refractivity contribution in [1.29, 1.82) is 0 Å². The fourth-order valence-corrected chi connectivity index (χ4v) is 4.41. The van der Waals surface area contributed by atoms with Crippen molar-refractivity contribution in [2.45, 2.75) is 39.0 Å². The van der Waals surface area contributed by atoms with Gasteiger partial charge in [0, 0.05) is 6.61 Å². The molecule has 31 heavy (non-hydrogen) atoms. The van der Waals surface area contributed by atoms with Gasteiger partial charge in [0.2, 0.25) is 0 Å². The molecular weight excluding hydrogens is 394 g/mol. The summed E-state index contributed by atoms with van der Waals surface area (Å²) in [4.78, 5) is 28.2. The molecule has 1 atom stereocenters. The molecule has 1 aliphatic rings. The fourth-order valence-electron chi connectivity index (χ4n) is 4.41. The fraction of sp³-hybridized carbons (Fsp3) is 0.304. The van der Waals surface area contributed by atoms with E-state index in [4.69, 9.17) is 24.1 Å². The Balaban J connectivity index is 1.66. The third-order valence-corrected chi connectivity index (χ3v) is 5.95. The Morgan fingerprint density at radius 2 is 1.87 bits per heavy atom. The zero-order valence-corrected chi connectivity index (χ0v) is 17.1. The van der Waals surface area contributed by atoms with Crippen molar-refractivity contribution in [3.63, 3.8) is 0 Å². The van der Waals surface area contributed by atoms with Crippen molar-refractivity contribution in [3.8, 4) is 0 Å². The SMILES string of the molecule is Cc1nc2c(c(=O)n1C[C@@H]1CCCO1)c1nc3ccccc3nc1n2Cc1ccco1. The first-order valence-corrected chi connectivity index (χ1v) is 10.5. The molecule has 156 valence electrons. The Morgan fingerprint density at radius 1 is 1.03 bits per heavy atom. The van der Waals surface area contributed by atoms with Crippen LogP contribution >= 0.6 is 0 Å². The highest BCUT2D eigenvalue weighted by molar-refractivity contribution is 6.04. The molecule has 0 unspecified atom stereocenters. The lowest BCUT2D eigenvalue weighted by Crippen LogP contribution is -2.29. The number of hydrogen-bond acceptors (Lipinski definition) is 6. The minimum Gasteiger partial charge on any atom is -0.467 e. The summed E-state index contributed by atoms with van der Waals surface area (Å²) in [6.45, 7) is 3.53. The molecule has 0 bridgehead atoms. The number of nitrogens with zero attached hydrogens (tertiary/aromatic N) is 5. The van der Waals surface area contributed by atoms with Crippen molar-refractivity contribution >= 4 is 33.2 Å². The number of fused-ring (bicyclic) bond motifs is 4. The summed E-state index contributed by atoms with van der Waals surface area (Å²) in [6, 6.07) is 11.4. The summed E-state index contributed by atoms with van der Waals surface area (Å²) < 4.78 is 15.0. The van der Waals surface area contributed by atoms with Crippen molar-refractivity contribution in [1.82, 2.24) is 24.1 Å². The molecule has 1 aromatic carbocycles. The van der Waals surface area contributed by atoms with Gasteiger partial charge in [0.25, 0.3) is 5.56 Å². The van der Waals surface area contributed by atoms with Crippen molar-refractivity contribution < 1.29 is 9.15 Å². The van der Waals surface area contributed by atoms with Crippen molar-refractivity contribution in [3.05, 3.63) is 64.6 Å². The van der Waals surface area contributed by atoms with Crippen LogP contribution in [0, 0.1) is 6.92 Å². The molecule has 0 amide bonds. The average Bonchev–Trinajstić information content (AvgIpc) is 3.52. The first-order chi connectivity index (χ1) is 15.2. The molecule has 5 aromatic rings. The largest absolute Gasteiger partial charge is 0.467 e. The summed E-state index contributed by atoms with van der Waals surface area (Å²) in [5.74, 6) is 1.41. The van der Waals surface area contributed by atoms with Gasteiger partial charge in [-0.15, -0.1) is 0 Å². The molecule has 1 aliphatic heterocycles. The lowest BCUT2D eigenvalue weighted by atomic mass is 10.2. The van der Waals surface area contributed by atoms with Crippen LogP contribution in [0.5, 0.6) is 0 Å². The van der Waals surface area contributed by atoms with Gasteiger partial charge in [-0.1, -0.05) is 12.1 Å². The van der Waals surface area contributed by atoms with E-state index in [9.17, 15) is 4.79 Å². The summed E-state index contributed by atoms with van der Waals surface area (Å²) in [5.41, 5.74) is 3.19. The lowest BCUT2D eigenvalue weighted by Gasteiger charge is -2.14. The second kappa shape index (κ2) is 7.02. The normalized spacial score (nSPS) is 16.7. The van der Waals surface area contributed by atoms with Crippen molar-refractivity contribution in [2.75, 3.05) is 6.61 Å². The van der Waals surface area contributed by atoms with Crippen LogP contribution in [0.3, 0.4) is 0 Å². The maximum absolute atomic E-state index is 13.7. The van der Waals surface area contributed by atoms with Gasteiger partial charge in [-0.2, -0.15) is 0 Å². The van der Waals surface area contributed by atoms with E-state index in [2.05, 4.69) is 0 Å². The van der Waals surface area contributed by atoms with Gasteiger partial charge in [-0.05, 0) is 44.0 Å². The summed E-state index contributed by atoms with van der Waals surface area (Å²) in [5, 5.41) is 0.489. The molecule has 5 heterocycles. The first-order valence-electron chi connectivity index (χ1n) is 10.5. The Morgan fingerprint density at radius 3 is 2.61 bits per heavy atom. The number of para-hydroxylation sites is 2. The maximum atomic E-state index is 13.7. The highest BCUT2D eigenvalue weighted by Crippen LogP contribution is 2.27. The number of furan rings is 1. The molecule has 0 spiro atoms. The Hall–Kier alpha value is -3.52. The molecule has 0 N–H and O–H groups in total. The molecule has 8 nitrogen and oxygen atoms in total. The predicted octanol–water partition coefficient (Wildman–Crippen LogP) is 3.42. The molecule has 8 heteroatoms. The van der Waals surface area contributed by atoms with E-state index < -0.39 is 0 Å². The van der Waals surface area contributed by atoms with Gasteiger partial charge in [0.05, 0.1) is 36.5 Å². The topological polar surface area (TPSA) is 88.0 Å². The van der Waals surface area contributed by atoms with Crippen LogP contribution in [0.2, 0.25) is 0 Å². The Bertz CT molecular complexity index is 1480. The molecular formula is C23H21N5O3. The zero-order chi connectivity index (χ0) is 20.9. The molecule has 4 aromatic heterocycles. The van der Waals surface area contributed by atoms with E-state index in [1.54, 1.807) is 10.8 Å². The minimum atomic E-state index is -0.106. The van der Waals surface area contributed by atoms with E-state index in [-0.39, 0.29) is 11.7 Å². The molecule has 6 rings (SSSR count). The van der Waals surface area contributed by atoms with Crippen molar-refractivity contribution in [2.24, 2.45) is 0 Å². The third kappa shape index (κ3) is 2.94. The van der Waals surface area contributed by atoms with Crippen LogP contribution in [0.25, 0.3) is 33.2 Å². The van der Waals surface area contributed by atoms with E-state index >= 15 is 0 Å². The standard InChI is InChI=1S/C23H21N5O3/c1-14-24-21-19(23(29)27(14)12-15-6-4-10-30-15)20-22(28(21)13-16-7-5-11-31-16)26-18-9-3-2-8-17(18)25-20/h2-3,5,7-9,11,15H,4,6,10,12-13H2,1H3/t15-/m0/s1. The second-order valence-corrected chi connectivity index (χ2v) is 7.96. The maximum Gasteiger partial charge on any atom is 0.265 e. The van der Waals surface area contributed by atoms with E-state index in [0.717, 1.165) is 36.2 Å². The summed E-state index contributed by atoms with van der Waals surface area (Å²) in [7, 11) is 0. The van der Waals surface area contributed by atoms with Gasteiger partial charge in [0.1, 0.15) is 22.5 Å².